The molecule has 0 bridgehead atoms. The van der Waals surface area contributed by atoms with Gasteiger partial charge in [-0.05, 0) is 31.2 Å². The molecule has 0 fully saturated rings. The number of primary sulfonamides is 1. The molecule has 0 aliphatic carbocycles. The average molecular weight is 280 g/mol. The summed E-state index contributed by atoms with van der Waals surface area (Å²) in [6.45, 7) is 3.49. The second-order valence-corrected chi connectivity index (χ2v) is 5.61. The Labute approximate surface area is 112 Å². The molecule has 1 aromatic carbocycles. The molecule has 2 aromatic rings. The first-order chi connectivity index (χ1) is 9.00. The Bertz CT molecular complexity index is 647. The number of hydrogen-bond donors (Lipinski definition) is 2. The van der Waals surface area contributed by atoms with Gasteiger partial charge in [0.05, 0.1) is 11.4 Å². The number of sulfonamides is 1. The zero-order valence-electron chi connectivity index (χ0n) is 10.6. The van der Waals surface area contributed by atoms with E-state index in [4.69, 9.17) is 5.14 Å². The molecular weight excluding hydrogens is 264 g/mol. The summed E-state index contributed by atoms with van der Waals surface area (Å²) in [5, 5.41) is 8.22. The fraction of sp³-hybridized carbons (Fsp3) is 0.250. The smallest absolute Gasteiger partial charge is 0.238 e. The number of nitrogens with one attached hydrogen (secondary N) is 1. The Morgan fingerprint density at radius 2 is 2.00 bits per heavy atom. The van der Waals surface area contributed by atoms with E-state index >= 15 is 0 Å². The van der Waals surface area contributed by atoms with Gasteiger partial charge in [0.25, 0.3) is 0 Å². The third-order valence-electron chi connectivity index (χ3n) is 2.78. The number of nitrogens with zero attached hydrogens (tertiary/aromatic N) is 2. The van der Waals surface area contributed by atoms with Crippen LogP contribution in [0.15, 0.2) is 41.6 Å². The van der Waals surface area contributed by atoms with Gasteiger partial charge in [0, 0.05) is 24.6 Å². The predicted molar refractivity (Wildman–Crippen MR) is 73.0 cm³/mol. The lowest BCUT2D eigenvalue weighted by molar-refractivity contribution is 0.598. The predicted octanol–water partition coefficient (Wildman–Crippen LogP) is 1.16. The van der Waals surface area contributed by atoms with Gasteiger partial charge in [-0.2, -0.15) is 0 Å². The number of anilines is 1. The van der Waals surface area contributed by atoms with Gasteiger partial charge >= 0.3 is 0 Å². The van der Waals surface area contributed by atoms with E-state index in [1.807, 2.05) is 17.7 Å². The summed E-state index contributed by atoms with van der Waals surface area (Å²) in [6.07, 6.45) is 3.67. The highest BCUT2D eigenvalue weighted by molar-refractivity contribution is 7.89. The molecule has 0 saturated heterocycles. The highest BCUT2D eigenvalue weighted by Gasteiger charge is 2.07. The van der Waals surface area contributed by atoms with E-state index in [1.165, 1.54) is 12.1 Å². The van der Waals surface area contributed by atoms with Crippen molar-refractivity contribution in [1.82, 2.24) is 9.55 Å². The molecule has 0 amide bonds. The second kappa shape index (κ2) is 5.41. The standard InChI is InChI=1S/C12H16N4O2S/c1-2-16-8-7-14-12(16)9-15-10-3-5-11(6-4-10)19(13,17)18/h3-8,15H,2,9H2,1H3,(H2,13,17,18). The number of aryl methyl sites for hydroxylation is 1. The largest absolute Gasteiger partial charge is 0.378 e. The van der Waals surface area contributed by atoms with Crippen molar-refractivity contribution in [1.29, 1.82) is 0 Å². The first-order valence-corrected chi connectivity index (χ1v) is 7.42. The average Bonchev–Trinajstić information content (AvgIpc) is 2.83. The highest BCUT2D eigenvalue weighted by atomic mass is 32.2. The number of hydrogen-bond acceptors (Lipinski definition) is 4. The molecule has 0 saturated carbocycles. The van der Waals surface area contributed by atoms with Crippen molar-refractivity contribution < 1.29 is 8.42 Å². The minimum Gasteiger partial charge on any atom is -0.378 e. The SMILES string of the molecule is CCn1ccnc1CNc1ccc(S(N)(=O)=O)cc1. The number of imidazole rings is 1. The van der Waals surface area contributed by atoms with E-state index in [9.17, 15) is 8.42 Å². The monoisotopic (exact) mass is 280 g/mol. The van der Waals surface area contributed by atoms with Crippen LogP contribution in [0.2, 0.25) is 0 Å². The Kier molecular flexibility index (Phi) is 3.87. The van der Waals surface area contributed by atoms with Crippen LogP contribution in [0.25, 0.3) is 0 Å². The van der Waals surface area contributed by atoms with Gasteiger partial charge in [-0.1, -0.05) is 0 Å². The van der Waals surface area contributed by atoms with E-state index in [0.717, 1.165) is 18.1 Å². The number of rotatable bonds is 5. The lowest BCUT2D eigenvalue weighted by Crippen LogP contribution is -2.12. The van der Waals surface area contributed by atoms with Crippen LogP contribution in [0.3, 0.4) is 0 Å². The van der Waals surface area contributed by atoms with Gasteiger partial charge in [0.2, 0.25) is 10.0 Å². The Morgan fingerprint density at radius 3 is 2.58 bits per heavy atom. The van der Waals surface area contributed by atoms with Gasteiger partial charge in [-0.15, -0.1) is 0 Å². The van der Waals surface area contributed by atoms with Gasteiger partial charge in [0.15, 0.2) is 0 Å². The lowest BCUT2D eigenvalue weighted by Gasteiger charge is -2.08. The van der Waals surface area contributed by atoms with E-state index in [0.29, 0.717) is 6.54 Å². The Morgan fingerprint density at radius 1 is 1.32 bits per heavy atom. The lowest BCUT2D eigenvalue weighted by atomic mass is 10.3. The van der Waals surface area contributed by atoms with Crippen LogP contribution in [-0.4, -0.2) is 18.0 Å². The summed E-state index contributed by atoms with van der Waals surface area (Å²) in [5.74, 6) is 0.929. The van der Waals surface area contributed by atoms with Gasteiger partial charge in [0.1, 0.15) is 5.82 Å². The maximum absolute atomic E-state index is 11.1. The molecule has 19 heavy (non-hydrogen) atoms. The van der Waals surface area contributed by atoms with Crippen molar-refractivity contribution in [3.8, 4) is 0 Å². The van der Waals surface area contributed by atoms with Crippen molar-refractivity contribution in [2.75, 3.05) is 5.32 Å². The first kappa shape index (κ1) is 13.6. The summed E-state index contributed by atoms with van der Waals surface area (Å²) in [7, 11) is -3.63. The molecule has 1 heterocycles. The zero-order chi connectivity index (χ0) is 13.9. The Hall–Kier alpha value is -1.86. The quantitative estimate of drug-likeness (QED) is 0.860. The molecule has 0 unspecified atom stereocenters. The van der Waals surface area contributed by atoms with Crippen LogP contribution in [0.1, 0.15) is 12.7 Å². The van der Waals surface area contributed by atoms with Crippen molar-refractivity contribution in [2.24, 2.45) is 5.14 Å². The molecule has 7 heteroatoms. The number of benzene rings is 1. The zero-order valence-corrected chi connectivity index (χ0v) is 11.4. The molecule has 2 rings (SSSR count). The first-order valence-electron chi connectivity index (χ1n) is 5.87. The van der Waals surface area contributed by atoms with E-state index in [2.05, 4.69) is 10.3 Å². The van der Waals surface area contributed by atoms with E-state index in [1.54, 1.807) is 18.3 Å². The molecule has 102 valence electrons. The molecule has 0 radical (unpaired) electrons. The maximum atomic E-state index is 11.1. The van der Waals surface area contributed by atoms with Crippen LogP contribution >= 0.6 is 0 Å². The molecule has 0 atom stereocenters. The van der Waals surface area contributed by atoms with Crippen molar-refractivity contribution >= 4 is 15.7 Å². The van der Waals surface area contributed by atoms with Gasteiger partial charge in [-0.25, -0.2) is 18.5 Å². The topological polar surface area (TPSA) is 90.0 Å². The van der Waals surface area contributed by atoms with Crippen LogP contribution in [0.4, 0.5) is 5.69 Å². The highest BCUT2D eigenvalue weighted by Crippen LogP contribution is 2.13. The van der Waals surface area contributed by atoms with Crippen molar-refractivity contribution in [3.63, 3.8) is 0 Å². The minimum absolute atomic E-state index is 0.105. The van der Waals surface area contributed by atoms with Crippen LogP contribution < -0.4 is 10.5 Å². The molecule has 6 nitrogen and oxygen atoms in total. The van der Waals surface area contributed by atoms with E-state index < -0.39 is 10.0 Å². The molecule has 1 aromatic heterocycles. The van der Waals surface area contributed by atoms with Crippen LogP contribution in [0, 0.1) is 0 Å². The molecule has 3 N–H and O–H groups in total. The fourth-order valence-corrected chi connectivity index (χ4v) is 2.25. The molecular formula is C12H16N4O2S. The molecule has 0 spiro atoms. The molecule has 0 aliphatic heterocycles. The molecule has 0 aliphatic rings. The van der Waals surface area contributed by atoms with Crippen LogP contribution in [0.5, 0.6) is 0 Å². The Balaban J connectivity index is 2.05. The second-order valence-electron chi connectivity index (χ2n) is 4.05. The summed E-state index contributed by atoms with van der Waals surface area (Å²) >= 11 is 0. The minimum atomic E-state index is -3.63. The maximum Gasteiger partial charge on any atom is 0.238 e. The number of nitrogens with two attached hydrogens (primary N) is 1. The van der Waals surface area contributed by atoms with E-state index in [-0.39, 0.29) is 4.90 Å². The number of aromatic nitrogens is 2. The normalized spacial score (nSPS) is 11.5. The summed E-state index contributed by atoms with van der Waals surface area (Å²) in [5.41, 5.74) is 0.818. The summed E-state index contributed by atoms with van der Waals surface area (Å²) in [4.78, 5) is 4.35. The van der Waals surface area contributed by atoms with Gasteiger partial charge < -0.3 is 9.88 Å². The van der Waals surface area contributed by atoms with Gasteiger partial charge in [-0.3, -0.25) is 0 Å². The fourth-order valence-electron chi connectivity index (χ4n) is 1.74. The third-order valence-corrected chi connectivity index (χ3v) is 3.71. The summed E-state index contributed by atoms with van der Waals surface area (Å²) < 4.78 is 24.3. The third kappa shape index (κ3) is 3.33. The van der Waals surface area contributed by atoms with Crippen molar-refractivity contribution in [3.05, 3.63) is 42.5 Å². The summed E-state index contributed by atoms with van der Waals surface area (Å²) in [6, 6.07) is 6.31. The van der Waals surface area contributed by atoms with Crippen LogP contribution in [-0.2, 0) is 23.1 Å². The van der Waals surface area contributed by atoms with Crippen molar-refractivity contribution in [2.45, 2.75) is 24.9 Å².